The third-order valence-electron chi connectivity index (χ3n) is 4.54. The summed E-state index contributed by atoms with van der Waals surface area (Å²) in [6.45, 7) is 2.35. The van der Waals surface area contributed by atoms with Crippen molar-refractivity contribution in [1.82, 2.24) is 19.7 Å². The molecule has 0 atom stereocenters. The minimum Gasteiger partial charge on any atom is -0.481 e. The van der Waals surface area contributed by atoms with E-state index in [1.807, 2.05) is 31.5 Å². The van der Waals surface area contributed by atoms with Gasteiger partial charge in [0.25, 0.3) is 0 Å². The summed E-state index contributed by atoms with van der Waals surface area (Å²) in [6, 6.07) is 8.12. The molecule has 1 aliphatic rings. The molecule has 7 heteroatoms. The normalized spacial score (nSPS) is 13.5. The van der Waals surface area contributed by atoms with E-state index >= 15 is 0 Å². The number of aryl methyl sites for hydroxylation is 2. The summed E-state index contributed by atoms with van der Waals surface area (Å²) in [5.74, 6) is 1.35. The minimum atomic E-state index is -0.840. The van der Waals surface area contributed by atoms with E-state index in [1.54, 1.807) is 10.9 Å². The lowest BCUT2D eigenvalue weighted by Crippen LogP contribution is -2.04. The molecule has 3 aromatic rings. The van der Waals surface area contributed by atoms with E-state index in [0.717, 1.165) is 28.5 Å². The fourth-order valence-electron chi connectivity index (χ4n) is 3.02. The molecule has 7 nitrogen and oxygen atoms in total. The standard InChI is InChI=1S/C20H21N5O2/c1-13-8-17(16-11-22-25(12-16)7-5-20(26)27)23-19(9-13)24-18-10-15(4-6-21-18)14-2-3-14/h4,6,8-12,14H,2-3,5,7H2,1H3,(H,26,27)(H,21,23,24). The third-order valence-corrected chi connectivity index (χ3v) is 4.54. The highest BCUT2D eigenvalue weighted by molar-refractivity contribution is 5.66. The van der Waals surface area contributed by atoms with Crippen molar-refractivity contribution >= 4 is 17.6 Å². The summed E-state index contributed by atoms with van der Waals surface area (Å²) < 4.78 is 1.63. The average molecular weight is 363 g/mol. The van der Waals surface area contributed by atoms with Crippen LogP contribution in [-0.4, -0.2) is 30.8 Å². The van der Waals surface area contributed by atoms with E-state index in [4.69, 9.17) is 5.11 Å². The van der Waals surface area contributed by atoms with Crippen molar-refractivity contribution < 1.29 is 9.90 Å². The van der Waals surface area contributed by atoms with Gasteiger partial charge in [-0.1, -0.05) is 0 Å². The van der Waals surface area contributed by atoms with Crippen LogP contribution in [0.1, 0.15) is 36.3 Å². The van der Waals surface area contributed by atoms with Crippen molar-refractivity contribution in [3.63, 3.8) is 0 Å². The molecule has 4 rings (SSSR count). The molecular formula is C20H21N5O2. The second-order valence-corrected chi connectivity index (χ2v) is 6.92. The zero-order valence-electron chi connectivity index (χ0n) is 15.1. The Balaban J connectivity index is 1.54. The summed E-state index contributed by atoms with van der Waals surface area (Å²) in [5, 5.41) is 16.3. The lowest BCUT2D eigenvalue weighted by molar-refractivity contribution is -0.137. The van der Waals surface area contributed by atoms with Crippen LogP contribution >= 0.6 is 0 Å². The van der Waals surface area contributed by atoms with Gasteiger partial charge in [0.05, 0.1) is 24.9 Å². The highest BCUT2D eigenvalue weighted by Crippen LogP contribution is 2.40. The van der Waals surface area contributed by atoms with Crippen molar-refractivity contribution in [3.05, 3.63) is 54.0 Å². The maximum absolute atomic E-state index is 10.7. The van der Waals surface area contributed by atoms with Crippen LogP contribution in [0.4, 0.5) is 11.6 Å². The SMILES string of the molecule is Cc1cc(Nc2cc(C3CC3)ccn2)nc(-c2cnn(CCC(=O)O)c2)c1. The Labute approximate surface area is 157 Å². The molecule has 1 fully saturated rings. The first-order valence-corrected chi connectivity index (χ1v) is 9.03. The second-order valence-electron chi connectivity index (χ2n) is 6.92. The van der Waals surface area contributed by atoms with Gasteiger partial charge in [0.2, 0.25) is 0 Å². The number of carboxylic acids is 1. The van der Waals surface area contributed by atoms with Gasteiger partial charge < -0.3 is 10.4 Å². The molecule has 0 amide bonds. The van der Waals surface area contributed by atoms with E-state index < -0.39 is 5.97 Å². The molecule has 2 N–H and O–H groups in total. The number of pyridine rings is 2. The fourth-order valence-corrected chi connectivity index (χ4v) is 3.02. The van der Waals surface area contributed by atoms with Crippen LogP contribution < -0.4 is 5.32 Å². The molecule has 1 saturated carbocycles. The van der Waals surface area contributed by atoms with Gasteiger partial charge in [0.1, 0.15) is 11.6 Å². The largest absolute Gasteiger partial charge is 0.481 e. The molecule has 27 heavy (non-hydrogen) atoms. The first kappa shape index (κ1) is 17.2. The van der Waals surface area contributed by atoms with Crippen molar-refractivity contribution in [1.29, 1.82) is 0 Å². The van der Waals surface area contributed by atoms with Gasteiger partial charge in [0, 0.05) is 18.0 Å². The van der Waals surface area contributed by atoms with Crippen molar-refractivity contribution in [2.24, 2.45) is 0 Å². The summed E-state index contributed by atoms with van der Waals surface area (Å²) in [4.78, 5) is 19.8. The number of hydrogen-bond donors (Lipinski definition) is 2. The number of nitrogens with one attached hydrogen (secondary N) is 1. The zero-order valence-corrected chi connectivity index (χ0v) is 15.1. The van der Waals surface area contributed by atoms with Crippen LogP contribution in [0, 0.1) is 6.92 Å². The van der Waals surface area contributed by atoms with E-state index in [1.165, 1.54) is 18.4 Å². The quantitative estimate of drug-likeness (QED) is 0.664. The van der Waals surface area contributed by atoms with Gasteiger partial charge in [-0.2, -0.15) is 5.10 Å². The molecule has 0 radical (unpaired) electrons. The van der Waals surface area contributed by atoms with Gasteiger partial charge in [-0.15, -0.1) is 0 Å². The maximum atomic E-state index is 10.7. The predicted molar refractivity (Wildman–Crippen MR) is 102 cm³/mol. The number of aromatic nitrogens is 4. The molecule has 138 valence electrons. The number of rotatable bonds is 7. The molecule has 0 spiro atoms. The topological polar surface area (TPSA) is 92.9 Å². The fraction of sp³-hybridized carbons (Fsp3) is 0.300. The monoisotopic (exact) mass is 363 g/mol. The van der Waals surface area contributed by atoms with E-state index in [9.17, 15) is 4.79 Å². The van der Waals surface area contributed by atoms with Gasteiger partial charge in [-0.3, -0.25) is 9.48 Å². The average Bonchev–Trinajstić information content (AvgIpc) is 3.38. The van der Waals surface area contributed by atoms with Crippen LogP contribution in [-0.2, 0) is 11.3 Å². The van der Waals surface area contributed by atoms with E-state index in [0.29, 0.717) is 12.5 Å². The Morgan fingerprint density at radius 1 is 1.30 bits per heavy atom. The van der Waals surface area contributed by atoms with Gasteiger partial charge >= 0.3 is 5.97 Å². The zero-order chi connectivity index (χ0) is 18.8. The lowest BCUT2D eigenvalue weighted by Gasteiger charge is -2.09. The summed E-state index contributed by atoms with van der Waals surface area (Å²) in [6.07, 6.45) is 7.90. The minimum absolute atomic E-state index is 0.0399. The Morgan fingerprint density at radius 2 is 2.15 bits per heavy atom. The highest BCUT2D eigenvalue weighted by atomic mass is 16.4. The first-order chi connectivity index (χ1) is 13.1. The molecule has 3 heterocycles. The molecule has 0 bridgehead atoms. The number of nitrogens with zero attached hydrogens (tertiary/aromatic N) is 4. The predicted octanol–water partition coefficient (Wildman–Crippen LogP) is 3.74. The number of aliphatic carboxylic acids is 1. The van der Waals surface area contributed by atoms with Gasteiger partial charge in [0.15, 0.2) is 0 Å². The van der Waals surface area contributed by atoms with E-state index in [-0.39, 0.29) is 6.42 Å². The van der Waals surface area contributed by atoms with Crippen LogP contribution in [0.3, 0.4) is 0 Å². The molecule has 3 aromatic heterocycles. The molecule has 0 saturated heterocycles. The molecular weight excluding hydrogens is 342 g/mol. The molecule has 0 aliphatic heterocycles. The maximum Gasteiger partial charge on any atom is 0.305 e. The third kappa shape index (κ3) is 4.31. The number of anilines is 2. The second kappa shape index (κ2) is 7.19. The summed E-state index contributed by atoms with van der Waals surface area (Å²) in [7, 11) is 0. The van der Waals surface area contributed by atoms with Crippen LogP contribution in [0.2, 0.25) is 0 Å². The number of carbonyl (C=O) groups is 1. The lowest BCUT2D eigenvalue weighted by atomic mass is 10.1. The molecule has 1 aliphatic carbocycles. The van der Waals surface area contributed by atoms with Crippen LogP contribution in [0.25, 0.3) is 11.3 Å². The van der Waals surface area contributed by atoms with Crippen molar-refractivity contribution in [2.75, 3.05) is 5.32 Å². The molecule has 0 unspecified atom stereocenters. The van der Waals surface area contributed by atoms with Crippen LogP contribution in [0.15, 0.2) is 42.9 Å². The summed E-state index contributed by atoms with van der Waals surface area (Å²) in [5.41, 5.74) is 4.03. The Kier molecular flexibility index (Phi) is 4.58. The van der Waals surface area contributed by atoms with Gasteiger partial charge in [-0.05, 0) is 61.1 Å². The Bertz CT molecular complexity index is 978. The van der Waals surface area contributed by atoms with E-state index in [2.05, 4.69) is 32.5 Å². The molecule has 0 aromatic carbocycles. The Morgan fingerprint density at radius 3 is 2.93 bits per heavy atom. The number of carboxylic acid groups (broad SMARTS) is 1. The Hall–Kier alpha value is -3.22. The smallest absolute Gasteiger partial charge is 0.305 e. The van der Waals surface area contributed by atoms with Crippen molar-refractivity contribution in [3.8, 4) is 11.3 Å². The summed E-state index contributed by atoms with van der Waals surface area (Å²) >= 11 is 0. The van der Waals surface area contributed by atoms with Gasteiger partial charge in [-0.25, -0.2) is 9.97 Å². The highest BCUT2D eigenvalue weighted by Gasteiger charge is 2.23. The van der Waals surface area contributed by atoms with Crippen molar-refractivity contribution in [2.45, 2.75) is 38.6 Å². The number of hydrogen-bond acceptors (Lipinski definition) is 5. The first-order valence-electron chi connectivity index (χ1n) is 9.03. The van der Waals surface area contributed by atoms with Crippen LogP contribution in [0.5, 0.6) is 0 Å².